The summed E-state index contributed by atoms with van der Waals surface area (Å²) in [4.78, 5) is 42.8. The zero-order chi connectivity index (χ0) is 25.8. The fourth-order valence-corrected chi connectivity index (χ4v) is 4.27. The Morgan fingerprint density at radius 3 is 2.78 bits per heavy atom. The Morgan fingerprint density at radius 1 is 1.33 bits per heavy atom. The van der Waals surface area contributed by atoms with Crippen LogP contribution in [0.2, 0.25) is 5.02 Å². The Hall–Kier alpha value is -3.35. The molecule has 3 aromatic rings. The van der Waals surface area contributed by atoms with Crippen LogP contribution in [0, 0.1) is 10.1 Å². The molecule has 0 spiro atoms. The third-order valence-electron chi connectivity index (χ3n) is 5.47. The number of nitro groups is 1. The van der Waals surface area contributed by atoms with E-state index in [9.17, 15) is 19.7 Å². The van der Waals surface area contributed by atoms with E-state index in [1.165, 1.54) is 12.3 Å². The van der Waals surface area contributed by atoms with Gasteiger partial charge < -0.3 is 14.4 Å². The molecular formula is C23H21BrClN5O6. The lowest BCUT2D eigenvalue weighted by Gasteiger charge is -2.26. The minimum Gasteiger partial charge on any atom is -0.476 e. The fraction of sp³-hybridized carbons (Fsp3) is 0.304. The number of nitro benzene ring substituents is 1. The number of fused-ring (bicyclic) bond motifs is 1. The van der Waals surface area contributed by atoms with E-state index in [-0.39, 0.29) is 22.2 Å². The highest BCUT2D eigenvalue weighted by atomic mass is 79.9. The maximum atomic E-state index is 13.2. The summed E-state index contributed by atoms with van der Waals surface area (Å²) in [7, 11) is 0. The van der Waals surface area contributed by atoms with Gasteiger partial charge >= 0.3 is 5.69 Å². The predicted octanol–water partition coefficient (Wildman–Crippen LogP) is 3.40. The smallest absolute Gasteiger partial charge is 0.313 e. The van der Waals surface area contributed by atoms with Crippen molar-refractivity contribution in [2.75, 3.05) is 32.9 Å². The van der Waals surface area contributed by atoms with Crippen LogP contribution >= 0.6 is 27.5 Å². The number of ether oxygens (including phenoxy) is 2. The van der Waals surface area contributed by atoms with Crippen molar-refractivity contribution in [1.82, 2.24) is 14.6 Å². The standard InChI is InChI=1S/C23H21BrClN5O6/c1-2-20-27-18-4-3-15(24)10-17(18)23(32)29(20)26-12-14-9-16(25)11-19(30(33)34)22(14)36-13-21(31)28-5-7-35-8-6-28/h3-4,9-12H,2,5-8,13H2,1H3. The Bertz CT molecular complexity index is 1420. The molecule has 1 aliphatic heterocycles. The number of benzene rings is 2. The van der Waals surface area contributed by atoms with Crippen LogP contribution in [-0.4, -0.2) is 64.5 Å². The van der Waals surface area contributed by atoms with Crippen LogP contribution in [0.5, 0.6) is 5.75 Å². The highest BCUT2D eigenvalue weighted by Gasteiger charge is 2.24. The van der Waals surface area contributed by atoms with E-state index in [0.717, 1.165) is 10.7 Å². The molecule has 1 fully saturated rings. The molecule has 4 rings (SSSR count). The third-order valence-corrected chi connectivity index (χ3v) is 6.18. The summed E-state index contributed by atoms with van der Waals surface area (Å²) in [6, 6.07) is 7.70. The van der Waals surface area contributed by atoms with Crippen molar-refractivity contribution in [1.29, 1.82) is 0 Å². The summed E-state index contributed by atoms with van der Waals surface area (Å²) in [5.41, 5.74) is -0.180. The highest BCUT2D eigenvalue weighted by Crippen LogP contribution is 2.34. The molecular weight excluding hydrogens is 558 g/mol. The number of morpholine rings is 1. The zero-order valence-corrected chi connectivity index (χ0v) is 21.5. The average Bonchev–Trinajstić information content (AvgIpc) is 2.87. The van der Waals surface area contributed by atoms with Gasteiger partial charge in [0.15, 0.2) is 6.61 Å². The van der Waals surface area contributed by atoms with Gasteiger partial charge in [-0.15, -0.1) is 0 Å². The van der Waals surface area contributed by atoms with E-state index >= 15 is 0 Å². The summed E-state index contributed by atoms with van der Waals surface area (Å²) in [6.45, 7) is 3.05. The molecule has 2 heterocycles. The van der Waals surface area contributed by atoms with Gasteiger partial charge in [0.2, 0.25) is 5.75 Å². The topological polar surface area (TPSA) is 129 Å². The molecule has 0 unspecified atom stereocenters. The number of carbonyl (C=O) groups excluding carboxylic acids is 1. The molecule has 0 bridgehead atoms. The number of halogens is 2. The van der Waals surface area contributed by atoms with Gasteiger partial charge in [0.1, 0.15) is 5.82 Å². The van der Waals surface area contributed by atoms with Gasteiger partial charge in [-0.2, -0.15) is 9.78 Å². The lowest BCUT2D eigenvalue weighted by molar-refractivity contribution is -0.385. The Kier molecular flexibility index (Phi) is 7.97. The first kappa shape index (κ1) is 25.7. The second kappa shape index (κ2) is 11.1. The SMILES string of the molecule is CCc1nc2ccc(Br)cc2c(=O)n1N=Cc1cc(Cl)cc([N+](=O)[O-])c1OCC(=O)N1CCOCC1. The highest BCUT2D eigenvalue weighted by molar-refractivity contribution is 9.10. The van der Waals surface area contributed by atoms with Crippen molar-refractivity contribution in [3.05, 3.63) is 71.7 Å². The van der Waals surface area contributed by atoms with Gasteiger partial charge in [0.05, 0.1) is 35.3 Å². The van der Waals surface area contributed by atoms with Gasteiger partial charge in [-0.3, -0.25) is 19.7 Å². The lowest BCUT2D eigenvalue weighted by atomic mass is 10.2. The molecule has 1 saturated heterocycles. The monoisotopic (exact) mass is 577 g/mol. The lowest BCUT2D eigenvalue weighted by Crippen LogP contribution is -2.43. The van der Waals surface area contributed by atoms with Crippen LogP contribution in [-0.2, 0) is 16.0 Å². The second-order valence-corrected chi connectivity index (χ2v) is 9.14. The van der Waals surface area contributed by atoms with Crippen LogP contribution in [0.3, 0.4) is 0 Å². The first-order valence-corrected chi connectivity index (χ1v) is 12.2. The van der Waals surface area contributed by atoms with Gasteiger partial charge in [0, 0.05) is 40.6 Å². The molecule has 188 valence electrons. The summed E-state index contributed by atoms with van der Waals surface area (Å²) in [5, 5.41) is 16.4. The number of nitrogens with zero attached hydrogens (tertiary/aromatic N) is 5. The van der Waals surface area contributed by atoms with Gasteiger partial charge in [-0.1, -0.05) is 34.5 Å². The van der Waals surface area contributed by atoms with Crippen LogP contribution in [0.1, 0.15) is 18.3 Å². The van der Waals surface area contributed by atoms with Crippen molar-refractivity contribution >= 4 is 56.2 Å². The quantitative estimate of drug-likeness (QED) is 0.239. The number of amides is 1. The molecule has 1 aliphatic rings. The molecule has 0 atom stereocenters. The molecule has 13 heteroatoms. The van der Waals surface area contributed by atoms with E-state index in [2.05, 4.69) is 26.0 Å². The van der Waals surface area contributed by atoms with E-state index < -0.39 is 22.8 Å². The number of rotatable bonds is 7. The largest absolute Gasteiger partial charge is 0.476 e. The van der Waals surface area contributed by atoms with Gasteiger partial charge in [-0.25, -0.2) is 4.98 Å². The molecule has 36 heavy (non-hydrogen) atoms. The molecule has 0 N–H and O–H groups in total. The van der Waals surface area contributed by atoms with Crippen molar-refractivity contribution in [3.63, 3.8) is 0 Å². The van der Waals surface area contributed by atoms with Gasteiger partial charge in [0.25, 0.3) is 11.5 Å². The van der Waals surface area contributed by atoms with Crippen molar-refractivity contribution < 1.29 is 19.2 Å². The molecule has 11 nitrogen and oxygen atoms in total. The molecule has 0 radical (unpaired) electrons. The molecule has 0 aliphatic carbocycles. The summed E-state index contributed by atoms with van der Waals surface area (Å²) < 4.78 is 12.7. The van der Waals surface area contributed by atoms with Crippen molar-refractivity contribution in [2.45, 2.75) is 13.3 Å². The van der Waals surface area contributed by atoms with E-state index in [0.29, 0.717) is 53.9 Å². The maximum absolute atomic E-state index is 13.2. The maximum Gasteiger partial charge on any atom is 0.313 e. The summed E-state index contributed by atoms with van der Waals surface area (Å²) in [5.74, 6) is -0.121. The second-order valence-electron chi connectivity index (χ2n) is 7.79. The molecule has 1 aromatic heterocycles. The van der Waals surface area contributed by atoms with Crippen molar-refractivity contribution in [2.24, 2.45) is 5.10 Å². The Morgan fingerprint density at radius 2 is 2.08 bits per heavy atom. The Labute approximate surface area is 218 Å². The number of aromatic nitrogens is 2. The zero-order valence-electron chi connectivity index (χ0n) is 19.1. The minimum atomic E-state index is -0.656. The van der Waals surface area contributed by atoms with E-state index in [1.807, 2.05) is 6.92 Å². The predicted molar refractivity (Wildman–Crippen MR) is 137 cm³/mol. The average molecular weight is 579 g/mol. The van der Waals surface area contributed by atoms with Gasteiger partial charge in [-0.05, 0) is 24.3 Å². The number of carbonyl (C=O) groups is 1. The normalized spacial score (nSPS) is 13.9. The molecule has 0 saturated carbocycles. The summed E-state index contributed by atoms with van der Waals surface area (Å²) in [6.07, 6.45) is 1.64. The Balaban J connectivity index is 1.73. The minimum absolute atomic E-state index is 0.0682. The number of hydrogen-bond acceptors (Lipinski definition) is 8. The van der Waals surface area contributed by atoms with Crippen LogP contribution in [0.4, 0.5) is 5.69 Å². The van der Waals surface area contributed by atoms with Crippen molar-refractivity contribution in [3.8, 4) is 5.75 Å². The van der Waals surface area contributed by atoms with Crippen LogP contribution in [0.15, 0.2) is 44.7 Å². The van der Waals surface area contributed by atoms with Crippen LogP contribution in [0.25, 0.3) is 10.9 Å². The first-order chi connectivity index (χ1) is 17.3. The number of aryl methyl sites for hydroxylation is 1. The molecule has 2 aromatic carbocycles. The fourth-order valence-electron chi connectivity index (χ4n) is 3.69. The number of hydrogen-bond donors (Lipinski definition) is 0. The van der Waals surface area contributed by atoms with Crippen LogP contribution < -0.4 is 10.3 Å². The summed E-state index contributed by atoms with van der Waals surface area (Å²) >= 11 is 9.47. The van der Waals surface area contributed by atoms with E-state index in [1.54, 1.807) is 23.1 Å². The first-order valence-electron chi connectivity index (χ1n) is 11.0. The van der Waals surface area contributed by atoms with E-state index in [4.69, 9.17) is 21.1 Å². The third kappa shape index (κ3) is 5.55. The molecule has 1 amide bonds.